The third-order valence-electron chi connectivity index (χ3n) is 2.98. The smallest absolute Gasteiger partial charge is 0.221 e. The van der Waals surface area contributed by atoms with Crippen molar-refractivity contribution < 1.29 is 4.79 Å². The molecule has 17 heavy (non-hydrogen) atoms. The molecule has 1 atom stereocenters. The van der Waals surface area contributed by atoms with Gasteiger partial charge in [-0.1, -0.05) is 18.9 Å². The van der Waals surface area contributed by atoms with E-state index in [-0.39, 0.29) is 5.91 Å². The first kappa shape index (κ1) is 12.0. The molecule has 2 rings (SSSR count). The Balaban J connectivity index is 1.92. The Bertz CT molecular complexity index is 399. The van der Waals surface area contributed by atoms with Crippen LogP contribution in [0.2, 0.25) is 0 Å². The lowest BCUT2D eigenvalue weighted by Gasteiger charge is -2.15. The Labute approximate surface area is 103 Å². The van der Waals surface area contributed by atoms with Gasteiger partial charge in [-0.25, -0.2) is 0 Å². The van der Waals surface area contributed by atoms with Crippen LogP contribution in [0.1, 0.15) is 33.1 Å². The first-order chi connectivity index (χ1) is 8.13. The van der Waals surface area contributed by atoms with E-state index in [2.05, 4.69) is 17.6 Å². The lowest BCUT2D eigenvalue weighted by Crippen LogP contribution is -2.16. The Morgan fingerprint density at radius 2 is 2.12 bits per heavy atom. The Kier molecular flexibility index (Phi) is 3.67. The minimum atomic E-state index is -0.0341. The molecule has 3 nitrogen and oxygen atoms in total. The van der Waals surface area contributed by atoms with Crippen LogP contribution in [0, 0.1) is 5.92 Å². The van der Waals surface area contributed by atoms with Crippen molar-refractivity contribution in [1.29, 1.82) is 0 Å². The maximum absolute atomic E-state index is 11.0. The molecule has 1 fully saturated rings. The molecule has 0 heterocycles. The van der Waals surface area contributed by atoms with Gasteiger partial charge in [0, 0.05) is 24.3 Å². The minimum absolute atomic E-state index is 0.0341. The van der Waals surface area contributed by atoms with E-state index in [4.69, 9.17) is 0 Å². The molecule has 92 valence electrons. The van der Waals surface area contributed by atoms with Crippen molar-refractivity contribution >= 4 is 17.3 Å². The van der Waals surface area contributed by atoms with E-state index in [0.717, 1.165) is 17.3 Å². The van der Waals surface area contributed by atoms with Gasteiger partial charge in [0.15, 0.2) is 0 Å². The standard InChI is InChI=1S/C14H20N2O/c1-10(8-12-6-7-12)15-13-4-3-5-14(9-13)16-11(2)17/h3-5,9-10,12,15H,6-8H2,1-2H3,(H,16,17). The Morgan fingerprint density at radius 3 is 2.76 bits per heavy atom. The quantitative estimate of drug-likeness (QED) is 0.818. The van der Waals surface area contributed by atoms with E-state index in [1.165, 1.54) is 26.2 Å². The first-order valence-electron chi connectivity index (χ1n) is 6.27. The van der Waals surface area contributed by atoms with Crippen molar-refractivity contribution in [3.05, 3.63) is 24.3 Å². The summed E-state index contributed by atoms with van der Waals surface area (Å²) < 4.78 is 0. The van der Waals surface area contributed by atoms with Crippen molar-refractivity contribution in [2.24, 2.45) is 5.92 Å². The predicted octanol–water partition coefficient (Wildman–Crippen LogP) is 3.25. The second-order valence-electron chi connectivity index (χ2n) is 4.99. The summed E-state index contributed by atoms with van der Waals surface area (Å²) in [5.74, 6) is 0.893. The number of benzene rings is 1. The third kappa shape index (κ3) is 4.10. The molecule has 0 aliphatic heterocycles. The lowest BCUT2D eigenvalue weighted by atomic mass is 10.1. The molecule has 0 bridgehead atoms. The highest BCUT2D eigenvalue weighted by Gasteiger charge is 2.23. The predicted molar refractivity (Wildman–Crippen MR) is 71.2 cm³/mol. The van der Waals surface area contributed by atoms with E-state index < -0.39 is 0 Å². The normalized spacial score (nSPS) is 16.4. The Morgan fingerprint density at radius 1 is 1.41 bits per heavy atom. The van der Waals surface area contributed by atoms with Crippen LogP contribution in [0.4, 0.5) is 11.4 Å². The SMILES string of the molecule is CC(=O)Nc1cccc(NC(C)CC2CC2)c1. The average molecular weight is 232 g/mol. The number of amides is 1. The molecule has 1 aliphatic rings. The summed E-state index contributed by atoms with van der Waals surface area (Å²) in [5, 5.41) is 6.27. The highest BCUT2D eigenvalue weighted by atomic mass is 16.1. The fourth-order valence-corrected chi connectivity index (χ4v) is 2.09. The molecule has 3 heteroatoms. The van der Waals surface area contributed by atoms with E-state index in [1.54, 1.807) is 0 Å². The highest BCUT2D eigenvalue weighted by Crippen LogP contribution is 2.34. The van der Waals surface area contributed by atoms with Gasteiger partial charge in [-0.2, -0.15) is 0 Å². The molecule has 0 spiro atoms. The van der Waals surface area contributed by atoms with Gasteiger partial charge in [0.25, 0.3) is 0 Å². The molecular formula is C14H20N2O. The average Bonchev–Trinajstić information content (AvgIpc) is 3.00. The van der Waals surface area contributed by atoms with Crippen LogP contribution in [-0.4, -0.2) is 11.9 Å². The first-order valence-corrected chi connectivity index (χ1v) is 6.27. The van der Waals surface area contributed by atoms with Crippen molar-refractivity contribution in [3.8, 4) is 0 Å². The van der Waals surface area contributed by atoms with Gasteiger partial charge in [0.1, 0.15) is 0 Å². The van der Waals surface area contributed by atoms with Crippen molar-refractivity contribution in [1.82, 2.24) is 0 Å². The number of carbonyl (C=O) groups excluding carboxylic acids is 1. The molecule has 0 radical (unpaired) electrons. The Hall–Kier alpha value is -1.51. The van der Waals surface area contributed by atoms with Crippen molar-refractivity contribution in [2.45, 2.75) is 39.2 Å². The summed E-state index contributed by atoms with van der Waals surface area (Å²) in [7, 11) is 0. The van der Waals surface area contributed by atoms with Crippen molar-refractivity contribution in [3.63, 3.8) is 0 Å². The van der Waals surface area contributed by atoms with Crippen LogP contribution < -0.4 is 10.6 Å². The number of hydrogen-bond donors (Lipinski definition) is 2. The second-order valence-corrected chi connectivity index (χ2v) is 4.99. The van der Waals surface area contributed by atoms with Crippen LogP contribution in [0.15, 0.2) is 24.3 Å². The summed E-state index contributed by atoms with van der Waals surface area (Å²) >= 11 is 0. The van der Waals surface area contributed by atoms with Crippen LogP contribution in [0.5, 0.6) is 0 Å². The molecule has 1 saturated carbocycles. The molecule has 0 saturated heterocycles. The maximum atomic E-state index is 11.0. The highest BCUT2D eigenvalue weighted by molar-refractivity contribution is 5.89. The largest absolute Gasteiger partial charge is 0.383 e. The molecule has 0 aromatic heterocycles. The molecule has 1 amide bonds. The number of hydrogen-bond acceptors (Lipinski definition) is 2. The zero-order chi connectivity index (χ0) is 12.3. The fraction of sp³-hybridized carbons (Fsp3) is 0.500. The zero-order valence-corrected chi connectivity index (χ0v) is 10.5. The minimum Gasteiger partial charge on any atom is -0.383 e. The maximum Gasteiger partial charge on any atom is 0.221 e. The summed E-state index contributed by atoms with van der Waals surface area (Å²) in [5.41, 5.74) is 1.92. The fourth-order valence-electron chi connectivity index (χ4n) is 2.09. The van der Waals surface area contributed by atoms with E-state index in [1.807, 2.05) is 24.3 Å². The van der Waals surface area contributed by atoms with Gasteiger partial charge in [0.05, 0.1) is 0 Å². The molecule has 1 unspecified atom stereocenters. The van der Waals surface area contributed by atoms with E-state index in [0.29, 0.717) is 6.04 Å². The number of rotatable bonds is 5. The third-order valence-corrected chi connectivity index (χ3v) is 2.98. The van der Waals surface area contributed by atoms with E-state index >= 15 is 0 Å². The van der Waals surface area contributed by atoms with Crippen LogP contribution in [0.25, 0.3) is 0 Å². The second kappa shape index (κ2) is 5.21. The molecular weight excluding hydrogens is 212 g/mol. The van der Waals surface area contributed by atoms with E-state index in [9.17, 15) is 4.79 Å². The summed E-state index contributed by atoms with van der Waals surface area (Å²) in [6.07, 6.45) is 4.01. The van der Waals surface area contributed by atoms with Crippen LogP contribution in [0.3, 0.4) is 0 Å². The molecule has 2 N–H and O–H groups in total. The summed E-state index contributed by atoms with van der Waals surface area (Å²) in [6, 6.07) is 8.37. The molecule has 1 aliphatic carbocycles. The van der Waals surface area contributed by atoms with Gasteiger partial charge in [-0.3, -0.25) is 4.79 Å². The van der Waals surface area contributed by atoms with Gasteiger partial charge in [-0.15, -0.1) is 0 Å². The summed E-state index contributed by atoms with van der Waals surface area (Å²) in [4.78, 5) is 11.0. The monoisotopic (exact) mass is 232 g/mol. The number of nitrogens with one attached hydrogen (secondary N) is 2. The van der Waals surface area contributed by atoms with Crippen LogP contribution >= 0.6 is 0 Å². The lowest BCUT2D eigenvalue weighted by molar-refractivity contribution is -0.114. The van der Waals surface area contributed by atoms with Crippen molar-refractivity contribution in [2.75, 3.05) is 10.6 Å². The van der Waals surface area contributed by atoms with Gasteiger partial charge in [0.2, 0.25) is 5.91 Å². The van der Waals surface area contributed by atoms with Gasteiger partial charge < -0.3 is 10.6 Å². The topological polar surface area (TPSA) is 41.1 Å². The molecule has 1 aromatic carbocycles. The van der Waals surface area contributed by atoms with Gasteiger partial charge >= 0.3 is 0 Å². The van der Waals surface area contributed by atoms with Crippen LogP contribution in [-0.2, 0) is 4.79 Å². The zero-order valence-electron chi connectivity index (χ0n) is 10.5. The number of anilines is 2. The molecule has 1 aromatic rings. The summed E-state index contributed by atoms with van der Waals surface area (Å²) in [6.45, 7) is 3.74. The van der Waals surface area contributed by atoms with Gasteiger partial charge in [-0.05, 0) is 37.5 Å². The number of carbonyl (C=O) groups is 1.